The van der Waals surface area contributed by atoms with Crippen LogP contribution in [-0.2, 0) is 4.74 Å². The fourth-order valence-electron chi connectivity index (χ4n) is 4.28. The second-order valence-corrected chi connectivity index (χ2v) is 9.73. The molecule has 0 aliphatic carbocycles. The summed E-state index contributed by atoms with van der Waals surface area (Å²) in [6.45, 7) is 4.34. The number of morpholine rings is 1. The van der Waals surface area contributed by atoms with E-state index in [1.807, 2.05) is 91.0 Å². The van der Waals surface area contributed by atoms with Crippen LogP contribution in [-0.4, -0.2) is 52.6 Å². The summed E-state index contributed by atoms with van der Waals surface area (Å²) in [6, 6.07) is 29.6. The maximum absolute atomic E-state index is 14.1. The van der Waals surface area contributed by atoms with Crippen molar-refractivity contribution < 1.29 is 4.74 Å². The van der Waals surface area contributed by atoms with Gasteiger partial charge in [-0.2, -0.15) is 0 Å². The first-order valence-corrected chi connectivity index (χ1v) is 13.1. The molecule has 178 valence electrons. The lowest BCUT2D eigenvalue weighted by atomic mass is 10.1. The zero-order chi connectivity index (χ0) is 24.0. The van der Waals surface area contributed by atoms with Crippen molar-refractivity contribution in [3.8, 4) is 22.5 Å². The van der Waals surface area contributed by atoms with Crippen molar-refractivity contribution in [2.45, 2.75) is 5.03 Å². The van der Waals surface area contributed by atoms with E-state index in [1.54, 1.807) is 16.3 Å². The summed E-state index contributed by atoms with van der Waals surface area (Å²) < 4.78 is 9.65. The topological polar surface area (TPSA) is 39.4 Å². The fourth-order valence-corrected chi connectivity index (χ4v) is 5.94. The largest absolute Gasteiger partial charge is 0.379 e. The predicted molar refractivity (Wildman–Crippen MR) is 146 cm³/mol. The molecular formula is C28H27N3O2S2. The second kappa shape index (κ2) is 11.2. The minimum Gasteiger partial charge on any atom is -0.379 e. The van der Waals surface area contributed by atoms with Crippen molar-refractivity contribution in [1.29, 1.82) is 0 Å². The van der Waals surface area contributed by atoms with Gasteiger partial charge >= 0.3 is 0 Å². The monoisotopic (exact) mass is 501 g/mol. The number of nitrogens with zero attached hydrogens (tertiary/aromatic N) is 3. The highest BCUT2D eigenvalue weighted by molar-refractivity contribution is 7.99. The standard InChI is InChI=1S/C28H27N3O2S2/c32-26-25(22-10-4-1-5-11-22)27(35-21-18-29-16-19-33-20-17-29)31(24-14-8-3-9-15-24)28(34)30(26)23-12-6-2-7-13-23/h1-15H,16-21H2. The number of hydrogen-bond acceptors (Lipinski definition) is 5. The molecule has 5 nitrogen and oxygen atoms in total. The molecule has 0 bridgehead atoms. The van der Waals surface area contributed by atoms with Gasteiger partial charge < -0.3 is 4.74 Å². The van der Waals surface area contributed by atoms with Gasteiger partial charge in [-0.3, -0.25) is 18.8 Å². The van der Waals surface area contributed by atoms with Crippen molar-refractivity contribution in [2.75, 3.05) is 38.6 Å². The summed E-state index contributed by atoms with van der Waals surface area (Å²) in [5, 5.41) is 0.873. The third-order valence-electron chi connectivity index (χ3n) is 6.06. The van der Waals surface area contributed by atoms with Crippen molar-refractivity contribution in [1.82, 2.24) is 14.0 Å². The maximum Gasteiger partial charge on any atom is 0.267 e. The summed E-state index contributed by atoms with van der Waals surface area (Å²) in [5.41, 5.74) is 3.14. The Kier molecular flexibility index (Phi) is 7.59. The summed E-state index contributed by atoms with van der Waals surface area (Å²) >= 11 is 7.69. The Balaban J connectivity index is 1.71. The van der Waals surface area contributed by atoms with Gasteiger partial charge in [-0.25, -0.2) is 0 Å². The molecule has 2 heterocycles. The molecule has 0 atom stereocenters. The van der Waals surface area contributed by atoms with E-state index < -0.39 is 0 Å². The zero-order valence-corrected chi connectivity index (χ0v) is 21.0. The molecule has 3 aromatic carbocycles. The van der Waals surface area contributed by atoms with Crippen LogP contribution in [0.25, 0.3) is 22.5 Å². The van der Waals surface area contributed by atoms with Crippen LogP contribution in [0.4, 0.5) is 0 Å². The number of benzene rings is 3. The van der Waals surface area contributed by atoms with E-state index in [0.29, 0.717) is 10.3 Å². The van der Waals surface area contributed by atoms with Crippen LogP contribution in [0.1, 0.15) is 0 Å². The average molecular weight is 502 g/mol. The lowest BCUT2D eigenvalue weighted by molar-refractivity contribution is 0.0410. The molecule has 0 saturated carbocycles. The van der Waals surface area contributed by atoms with Gasteiger partial charge in [-0.1, -0.05) is 66.7 Å². The number of hydrogen-bond donors (Lipinski definition) is 0. The van der Waals surface area contributed by atoms with Gasteiger partial charge in [-0.15, -0.1) is 11.8 Å². The molecular weight excluding hydrogens is 474 g/mol. The molecule has 4 aromatic rings. The minimum atomic E-state index is -0.103. The first kappa shape index (κ1) is 23.8. The van der Waals surface area contributed by atoms with E-state index in [4.69, 9.17) is 17.0 Å². The van der Waals surface area contributed by atoms with Gasteiger partial charge in [0.2, 0.25) is 0 Å². The second-order valence-electron chi connectivity index (χ2n) is 8.28. The Hall–Kier alpha value is -2.97. The molecule has 1 fully saturated rings. The molecule has 0 N–H and O–H groups in total. The molecule has 1 aliphatic rings. The van der Waals surface area contributed by atoms with Gasteiger partial charge in [0.25, 0.3) is 5.56 Å². The van der Waals surface area contributed by atoms with Crippen LogP contribution in [0.5, 0.6) is 0 Å². The molecule has 0 unspecified atom stereocenters. The summed E-state index contributed by atoms with van der Waals surface area (Å²) in [7, 11) is 0. The maximum atomic E-state index is 14.1. The molecule has 1 aliphatic heterocycles. The highest BCUT2D eigenvalue weighted by Crippen LogP contribution is 2.32. The number of para-hydroxylation sites is 2. The quantitative estimate of drug-likeness (QED) is 0.191. The Morgan fingerprint density at radius 1 is 0.771 bits per heavy atom. The van der Waals surface area contributed by atoms with Crippen molar-refractivity contribution in [3.63, 3.8) is 0 Å². The van der Waals surface area contributed by atoms with Crippen LogP contribution in [0.2, 0.25) is 0 Å². The van der Waals surface area contributed by atoms with E-state index in [0.717, 1.165) is 60.6 Å². The van der Waals surface area contributed by atoms with E-state index in [9.17, 15) is 4.79 Å². The van der Waals surface area contributed by atoms with Crippen LogP contribution < -0.4 is 5.56 Å². The summed E-state index contributed by atoms with van der Waals surface area (Å²) in [6.07, 6.45) is 0. The number of rotatable bonds is 7. The number of ether oxygens (including phenoxy) is 1. The molecule has 0 amide bonds. The Morgan fingerprint density at radius 2 is 1.31 bits per heavy atom. The van der Waals surface area contributed by atoms with E-state index in [-0.39, 0.29) is 5.56 Å². The lowest BCUT2D eigenvalue weighted by Gasteiger charge is -2.27. The van der Waals surface area contributed by atoms with Crippen LogP contribution >= 0.6 is 24.0 Å². The SMILES string of the molecule is O=c1c(-c2ccccc2)c(SCCN2CCOCC2)n(-c2ccccc2)c(=S)n1-c1ccccc1. The molecule has 7 heteroatoms. The number of aromatic nitrogens is 2. The van der Waals surface area contributed by atoms with Crippen LogP contribution in [0.15, 0.2) is 101 Å². The van der Waals surface area contributed by atoms with Gasteiger partial charge in [0.15, 0.2) is 4.77 Å². The molecule has 1 saturated heterocycles. The van der Waals surface area contributed by atoms with Crippen molar-refractivity contribution in [3.05, 3.63) is 106 Å². The van der Waals surface area contributed by atoms with Gasteiger partial charge in [0.05, 0.1) is 29.5 Å². The Labute approximate surface area is 214 Å². The van der Waals surface area contributed by atoms with Crippen molar-refractivity contribution in [2.24, 2.45) is 0 Å². The highest BCUT2D eigenvalue weighted by Gasteiger charge is 2.21. The van der Waals surface area contributed by atoms with E-state index in [2.05, 4.69) is 9.47 Å². The summed E-state index contributed by atoms with van der Waals surface area (Å²) in [5.74, 6) is 0.843. The first-order valence-electron chi connectivity index (χ1n) is 11.8. The third kappa shape index (κ3) is 5.18. The smallest absolute Gasteiger partial charge is 0.267 e. The molecule has 0 radical (unpaired) electrons. The lowest BCUT2D eigenvalue weighted by Crippen LogP contribution is -2.37. The zero-order valence-electron chi connectivity index (χ0n) is 19.4. The predicted octanol–water partition coefficient (Wildman–Crippen LogP) is 5.45. The minimum absolute atomic E-state index is 0.103. The average Bonchev–Trinajstić information content (AvgIpc) is 2.91. The van der Waals surface area contributed by atoms with Gasteiger partial charge in [0.1, 0.15) is 0 Å². The van der Waals surface area contributed by atoms with E-state index in [1.165, 1.54) is 0 Å². The van der Waals surface area contributed by atoms with E-state index >= 15 is 0 Å². The van der Waals surface area contributed by atoms with Crippen molar-refractivity contribution >= 4 is 24.0 Å². The normalized spacial score (nSPS) is 14.2. The third-order valence-corrected chi connectivity index (χ3v) is 7.47. The van der Waals surface area contributed by atoms with Crippen LogP contribution in [0.3, 0.4) is 0 Å². The van der Waals surface area contributed by atoms with Gasteiger partial charge in [-0.05, 0) is 42.0 Å². The first-order chi connectivity index (χ1) is 17.2. The Morgan fingerprint density at radius 3 is 1.91 bits per heavy atom. The fraction of sp³-hybridized carbons (Fsp3) is 0.214. The van der Waals surface area contributed by atoms with Crippen LogP contribution in [0, 0.1) is 4.77 Å². The molecule has 35 heavy (non-hydrogen) atoms. The molecule has 5 rings (SSSR count). The number of thioether (sulfide) groups is 1. The molecule has 1 aromatic heterocycles. The van der Waals surface area contributed by atoms with Gasteiger partial charge in [0, 0.05) is 31.1 Å². The summed E-state index contributed by atoms with van der Waals surface area (Å²) in [4.78, 5) is 16.5. The Bertz CT molecular complexity index is 1310. The highest BCUT2D eigenvalue weighted by atomic mass is 32.2. The molecule has 0 spiro atoms.